The number of carbonyl (C=O) groups is 1. The molecule has 2 rings (SSSR count). The second-order valence-electron chi connectivity index (χ2n) is 3.27. The van der Waals surface area contributed by atoms with E-state index in [4.69, 9.17) is 5.11 Å². The zero-order valence-electron chi connectivity index (χ0n) is 8.79. The van der Waals surface area contributed by atoms with Crippen LogP contribution in [0, 0.1) is 0 Å². The van der Waals surface area contributed by atoms with Crippen molar-refractivity contribution in [2.24, 2.45) is 0 Å². The minimum atomic E-state index is -0.975. The van der Waals surface area contributed by atoms with E-state index in [1.165, 1.54) is 6.08 Å². The van der Waals surface area contributed by atoms with Crippen LogP contribution in [0.2, 0.25) is 0 Å². The topological polar surface area (TPSA) is 67.5 Å². The molecule has 0 amide bonds. The van der Waals surface area contributed by atoms with E-state index in [2.05, 4.69) is 10.1 Å². The molecule has 0 unspecified atom stereocenters. The number of aryl methyl sites for hydroxylation is 1. The predicted octanol–water partition coefficient (Wildman–Crippen LogP) is 1.39. The van der Waals surface area contributed by atoms with Crippen molar-refractivity contribution in [3.63, 3.8) is 0 Å². The maximum atomic E-state index is 10.5. The van der Waals surface area contributed by atoms with Crippen molar-refractivity contribution in [2.75, 3.05) is 0 Å². The minimum Gasteiger partial charge on any atom is -0.478 e. The van der Waals surface area contributed by atoms with Gasteiger partial charge >= 0.3 is 5.97 Å². The summed E-state index contributed by atoms with van der Waals surface area (Å²) in [5.41, 5.74) is 2.29. The molecule has 0 aliphatic heterocycles. The van der Waals surface area contributed by atoms with Crippen LogP contribution in [0.4, 0.5) is 0 Å². The quantitative estimate of drug-likeness (QED) is 0.789. The van der Waals surface area contributed by atoms with Gasteiger partial charge in [-0.05, 0) is 18.6 Å². The highest BCUT2D eigenvalue weighted by molar-refractivity contribution is 5.87. The van der Waals surface area contributed by atoms with Crippen molar-refractivity contribution in [3.05, 3.63) is 35.8 Å². The average Bonchev–Trinajstić information content (AvgIpc) is 2.64. The largest absolute Gasteiger partial charge is 0.478 e. The second kappa shape index (κ2) is 4.14. The minimum absolute atomic E-state index is 0.678. The fraction of sp³-hybridized carbons (Fsp3) is 0.182. The molecule has 0 aromatic carbocycles. The Kier molecular flexibility index (Phi) is 2.68. The van der Waals surface area contributed by atoms with E-state index in [-0.39, 0.29) is 0 Å². The number of nitrogens with zero attached hydrogens (tertiary/aromatic N) is 3. The molecule has 0 saturated carbocycles. The number of fused-ring (bicyclic) bond motifs is 1. The Morgan fingerprint density at radius 1 is 1.62 bits per heavy atom. The third-order valence-corrected chi connectivity index (χ3v) is 2.23. The number of rotatable bonds is 3. The monoisotopic (exact) mass is 217 g/mol. The van der Waals surface area contributed by atoms with Gasteiger partial charge < -0.3 is 5.11 Å². The van der Waals surface area contributed by atoms with E-state index in [9.17, 15) is 4.79 Å². The van der Waals surface area contributed by atoms with Gasteiger partial charge in [0.25, 0.3) is 0 Å². The third kappa shape index (κ3) is 1.79. The molecule has 2 heterocycles. The zero-order chi connectivity index (χ0) is 11.5. The molecular formula is C11H11N3O2. The predicted molar refractivity (Wildman–Crippen MR) is 59.0 cm³/mol. The summed E-state index contributed by atoms with van der Waals surface area (Å²) >= 11 is 0. The summed E-state index contributed by atoms with van der Waals surface area (Å²) in [5.74, 6) is -0.975. The van der Waals surface area contributed by atoms with Crippen LogP contribution in [0.1, 0.15) is 18.2 Å². The molecular weight excluding hydrogens is 206 g/mol. The molecule has 0 aliphatic rings. The zero-order valence-corrected chi connectivity index (χ0v) is 8.79. The molecule has 0 aliphatic carbocycles. The lowest BCUT2D eigenvalue weighted by atomic mass is 10.2. The van der Waals surface area contributed by atoms with Crippen LogP contribution in [0.3, 0.4) is 0 Å². The fourth-order valence-electron chi connectivity index (χ4n) is 1.54. The van der Waals surface area contributed by atoms with Crippen LogP contribution >= 0.6 is 0 Å². The second-order valence-corrected chi connectivity index (χ2v) is 3.27. The molecule has 0 spiro atoms. The van der Waals surface area contributed by atoms with Crippen molar-refractivity contribution >= 4 is 17.7 Å². The SMILES string of the molecule is CCc1nn2cccnc2c1/C=C/C(=O)O. The third-order valence-electron chi connectivity index (χ3n) is 2.23. The van der Waals surface area contributed by atoms with Gasteiger partial charge in [0.2, 0.25) is 0 Å². The lowest BCUT2D eigenvalue weighted by Crippen LogP contribution is -1.88. The molecule has 82 valence electrons. The highest BCUT2D eigenvalue weighted by Crippen LogP contribution is 2.15. The summed E-state index contributed by atoms with van der Waals surface area (Å²) in [4.78, 5) is 14.7. The Morgan fingerprint density at radius 2 is 2.44 bits per heavy atom. The van der Waals surface area contributed by atoms with Gasteiger partial charge in [0.1, 0.15) is 0 Å². The Balaban J connectivity index is 2.60. The fourth-order valence-corrected chi connectivity index (χ4v) is 1.54. The van der Waals surface area contributed by atoms with Crippen LogP contribution in [0.5, 0.6) is 0 Å². The maximum absolute atomic E-state index is 10.5. The first-order chi connectivity index (χ1) is 7.72. The smallest absolute Gasteiger partial charge is 0.328 e. The standard InChI is InChI=1S/C11H11N3O2/c1-2-9-8(4-5-10(15)16)11-12-6-3-7-14(11)13-9/h3-7H,2H2,1H3,(H,15,16)/b5-4+. The number of carboxylic acids is 1. The van der Waals surface area contributed by atoms with Gasteiger partial charge in [-0.1, -0.05) is 6.92 Å². The van der Waals surface area contributed by atoms with Crippen LogP contribution in [0.25, 0.3) is 11.7 Å². The van der Waals surface area contributed by atoms with Crippen LogP contribution < -0.4 is 0 Å². The van der Waals surface area contributed by atoms with E-state index in [1.807, 2.05) is 6.92 Å². The van der Waals surface area contributed by atoms with Crippen LogP contribution in [-0.2, 0) is 11.2 Å². The molecule has 0 saturated heterocycles. The first-order valence-corrected chi connectivity index (χ1v) is 4.95. The van der Waals surface area contributed by atoms with E-state index in [1.54, 1.807) is 23.0 Å². The van der Waals surface area contributed by atoms with E-state index < -0.39 is 5.97 Å². The normalized spacial score (nSPS) is 11.3. The van der Waals surface area contributed by atoms with Gasteiger partial charge in [-0.2, -0.15) is 5.10 Å². The van der Waals surface area contributed by atoms with Crippen LogP contribution in [0.15, 0.2) is 24.5 Å². The van der Waals surface area contributed by atoms with Gasteiger partial charge in [-0.15, -0.1) is 0 Å². The number of hydrogen-bond acceptors (Lipinski definition) is 3. The number of hydrogen-bond donors (Lipinski definition) is 1. The van der Waals surface area contributed by atoms with Crippen molar-refractivity contribution in [3.8, 4) is 0 Å². The van der Waals surface area contributed by atoms with Crippen molar-refractivity contribution in [1.29, 1.82) is 0 Å². The highest BCUT2D eigenvalue weighted by atomic mass is 16.4. The summed E-state index contributed by atoms with van der Waals surface area (Å²) < 4.78 is 1.65. The summed E-state index contributed by atoms with van der Waals surface area (Å²) in [7, 11) is 0. The number of carboxylic acid groups (broad SMARTS) is 1. The Labute approximate surface area is 92.0 Å². The lowest BCUT2D eigenvalue weighted by Gasteiger charge is -1.91. The summed E-state index contributed by atoms with van der Waals surface area (Å²) in [6.45, 7) is 1.97. The molecule has 0 fully saturated rings. The number of aromatic nitrogens is 3. The average molecular weight is 217 g/mol. The van der Waals surface area contributed by atoms with Gasteiger partial charge in [-0.3, -0.25) is 0 Å². The molecule has 1 N–H and O–H groups in total. The molecule has 2 aromatic heterocycles. The Hall–Kier alpha value is -2.17. The van der Waals surface area contributed by atoms with Gasteiger partial charge in [0.15, 0.2) is 5.65 Å². The van der Waals surface area contributed by atoms with E-state index in [0.29, 0.717) is 5.65 Å². The molecule has 5 nitrogen and oxygen atoms in total. The number of aliphatic carboxylic acids is 1. The van der Waals surface area contributed by atoms with Crippen molar-refractivity contribution in [1.82, 2.24) is 14.6 Å². The summed E-state index contributed by atoms with van der Waals surface area (Å²) in [6.07, 6.45) is 6.83. The Morgan fingerprint density at radius 3 is 3.12 bits per heavy atom. The molecule has 5 heteroatoms. The summed E-state index contributed by atoms with van der Waals surface area (Å²) in [6, 6.07) is 1.78. The summed E-state index contributed by atoms with van der Waals surface area (Å²) in [5, 5.41) is 12.9. The van der Waals surface area contributed by atoms with Gasteiger partial charge in [-0.25, -0.2) is 14.3 Å². The molecule has 0 radical (unpaired) electrons. The Bertz CT molecular complexity index is 557. The maximum Gasteiger partial charge on any atom is 0.328 e. The van der Waals surface area contributed by atoms with E-state index in [0.717, 1.165) is 23.8 Å². The lowest BCUT2D eigenvalue weighted by molar-refractivity contribution is -0.131. The van der Waals surface area contributed by atoms with Crippen molar-refractivity contribution < 1.29 is 9.90 Å². The highest BCUT2D eigenvalue weighted by Gasteiger charge is 2.09. The molecule has 0 bridgehead atoms. The first-order valence-electron chi connectivity index (χ1n) is 4.95. The molecule has 16 heavy (non-hydrogen) atoms. The van der Waals surface area contributed by atoms with Crippen LogP contribution in [-0.4, -0.2) is 25.7 Å². The molecule has 0 atom stereocenters. The van der Waals surface area contributed by atoms with Gasteiger partial charge in [0.05, 0.1) is 5.69 Å². The van der Waals surface area contributed by atoms with Gasteiger partial charge in [0, 0.05) is 24.0 Å². The van der Waals surface area contributed by atoms with E-state index >= 15 is 0 Å². The van der Waals surface area contributed by atoms with Crippen molar-refractivity contribution in [2.45, 2.75) is 13.3 Å². The molecule has 2 aromatic rings. The first kappa shape index (κ1) is 10.4.